The van der Waals surface area contributed by atoms with E-state index in [1.54, 1.807) is 18.7 Å². The molecule has 3 saturated carbocycles. The molecule has 3 aliphatic carbocycles. The first-order valence-corrected chi connectivity index (χ1v) is 12.5. The molecular weight excluding hydrogens is 446 g/mol. The molecule has 3 heterocycles. The summed E-state index contributed by atoms with van der Waals surface area (Å²) >= 11 is 0. The number of carbonyl (C=O) groups excluding carboxylic acids is 1. The lowest BCUT2D eigenvalue weighted by Crippen LogP contribution is -2.67. The molecule has 0 unspecified atom stereocenters. The Labute approximate surface area is 209 Å². The van der Waals surface area contributed by atoms with Crippen LogP contribution in [0.25, 0.3) is 11.5 Å². The van der Waals surface area contributed by atoms with Crippen LogP contribution in [0.15, 0.2) is 79.8 Å². The van der Waals surface area contributed by atoms with Gasteiger partial charge in [0.15, 0.2) is 5.78 Å². The van der Waals surface area contributed by atoms with Crippen molar-refractivity contribution in [2.45, 2.75) is 50.4 Å². The van der Waals surface area contributed by atoms with E-state index in [1.807, 2.05) is 29.1 Å². The molecule has 0 amide bonds. The minimum Gasteiger partial charge on any atom is -0.306 e. The molecule has 3 aromatic heterocycles. The molecule has 2 aromatic carbocycles. The number of aromatic nitrogens is 5. The SMILES string of the molecule is Cc1cc(CC(=O)c2ccc(C)c(C34CC(c5cnc6ncccn56)(C3)C4)c2)cc(-n2ccnc2)c1. The summed E-state index contributed by atoms with van der Waals surface area (Å²) in [5.41, 5.74) is 8.23. The predicted octanol–water partition coefficient (Wildman–Crippen LogP) is 5.33. The lowest BCUT2D eigenvalue weighted by atomic mass is 9.32. The number of fused-ring (bicyclic) bond motifs is 1. The smallest absolute Gasteiger partial charge is 0.233 e. The van der Waals surface area contributed by atoms with E-state index in [1.165, 1.54) is 16.8 Å². The molecule has 0 spiro atoms. The van der Waals surface area contributed by atoms with Crippen LogP contribution in [0, 0.1) is 13.8 Å². The van der Waals surface area contributed by atoms with Gasteiger partial charge in [-0.15, -0.1) is 0 Å². The first-order valence-electron chi connectivity index (χ1n) is 12.5. The quantitative estimate of drug-likeness (QED) is 0.313. The van der Waals surface area contributed by atoms with Crippen LogP contribution in [0.3, 0.4) is 0 Å². The van der Waals surface area contributed by atoms with Crippen molar-refractivity contribution in [3.05, 3.63) is 113 Å². The Hall–Kier alpha value is -4.06. The van der Waals surface area contributed by atoms with E-state index >= 15 is 0 Å². The number of nitrogens with zero attached hydrogens (tertiary/aromatic N) is 5. The van der Waals surface area contributed by atoms with Crippen molar-refractivity contribution >= 4 is 11.6 Å². The van der Waals surface area contributed by atoms with E-state index < -0.39 is 0 Å². The maximum atomic E-state index is 13.4. The van der Waals surface area contributed by atoms with Crippen LogP contribution >= 0.6 is 0 Å². The second-order valence-corrected chi connectivity index (χ2v) is 10.8. The molecule has 178 valence electrons. The van der Waals surface area contributed by atoms with Gasteiger partial charge in [-0.25, -0.2) is 15.0 Å². The second kappa shape index (κ2) is 7.47. The fraction of sp³-hybridized carbons (Fsp3) is 0.267. The van der Waals surface area contributed by atoms with E-state index in [0.29, 0.717) is 6.42 Å². The maximum Gasteiger partial charge on any atom is 0.233 e. The van der Waals surface area contributed by atoms with Crippen LogP contribution in [-0.2, 0) is 17.3 Å². The van der Waals surface area contributed by atoms with Crippen molar-refractivity contribution in [3.8, 4) is 5.69 Å². The van der Waals surface area contributed by atoms with Gasteiger partial charge in [-0.2, -0.15) is 0 Å². The summed E-state index contributed by atoms with van der Waals surface area (Å²) in [6.45, 7) is 4.24. The molecule has 6 nitrogen and oxygen atoms in total. The third-order valence-corrected chi connectivity index (χ3v) is 8.28. The number of Topliss-reactive ketones (excluding diaryl/α,β-unsaturated/α-hetero) is 1. The molecular formula is C30H27N5O. The molecule has 0 atom stereocenters. The molecule has 0 saturated heterocycles. The summed E-state index contributed by atoms with van der Waals surface area (Å²) in [5.74, 6) is 0.926. The Morgan fingerprint density at radius 2 is 1.83 bits per heavy atom. The molecule has 5 aromatic rings. The Kier molecular flexibility index (Phi) is 4.41. The third-order valence-electron chi connectivity index (χ3n) is 8.28. The fourth-order valence-electron chi connectivity index (χ4n) is 6.72. The van der Waals surface area contributed by atoms with Gasteiger partial charge in [0.1, 0.15) is 0 Å². The molecule has 2 bridgehead atoms. The van der Waals surface area contributed by atoms with Gasteiger partial charge in [-0.1, -0.05) is 18.2 Å². The Bertz CT molecular complexity index is 1630. The van der Waals surface area contributed by atoms with E-state index in [0.717, 1.165) is 47.4 Å². The standard InChI is InChI=1S/C30H27N5O/c1-20-10-22(12-24(11-20)34-9-7-31-19-34)13-26(36)23-5-4-21(2)25(14-23)29-16-30(17-29,18-29)27-15-33-28-32-6-3-8-35(27)28/h3-12,14-15,19H,13,16-18H2,1-2H3. The third kappa shape index (κ3) is 3.10. The van der Waals surface area contributed by atoms with Gasteiger partial charge in [-0.3, -0.25) is 9.20 Å². The highest BCUT2D eigenvalue weighted by atomic mass is 16.1. The molecule has 3 aliphatic rings. The number of hydrogen-bond acceptors (Lipinski definition) is 4. The van der Waals surface area contributed by atoms with Gasteiger partial charge in [-0.05, 0) is 85.0 Å². The first kappa shape index (κ1) is 21.2. The highest BCUT2D eigenvalue weighted by Gasteiger charge is 2.70. The van der Waals surface area contributed by atoms with Crippen LogP contribution < -0.4 is 0 Å². The van der Waals surface area contributed by atoms with Crippen LogP contribution in [-0.4, -0.2) is 29.7 Å². The van der Waals surface area contributed by atoms with Crippen LogP contribution in [0.5, 0.6) is 0 Å². The summed E-state index contributed by atoms with van der Waals surface area (Å²) in [4.78, 5) is 26.4. The molecule has 3 fully saturated rings. The zero-order chi connectivity index (χ0) is 24.5. The topological polar surface area (TPSA) is 65.1 Å². The average molecular weight is 474 g/mol. The van der Waals surface area contributed by atoms with Gasteiger partial charge in [0.05, 0.1) is 18.2 Å². The monoisotopic (exact) mass is 473 g/mol. The lowest BCUT2D eigenvalue weighted by molar-refractivity contribution is -0.0732. The van der Waals surface area contributed by atoms with Crippen molar-refractivity contribution in [2.75, 3.05) is 0 Å². The first-order chi connectivity index (χ1) is 17.4. The summed E-state index contributed by atoms with van der Waals surface area (Å²) in [7, 11) is 0. The number of carbonyl (C=O) groups is 1. The minimum atomic E-state index is 0.160. The highest BCUT2D eigenvalue weighted by Crippen LogP contribution is 2.74. The van der Waals surface area contributed by atoms with Crippen LogP contribution in [0.4, 0.5) is 0 Å². The molecule has 8 rings (SSSR count). The van der Waals surface area contributed by atoms with Crippen molar-refractivity contribution in [1.29, 1.82) is 0 Å². The molecule has 0 N–H and O–H groups in total. The zero-order valence-corrected chi connectivity index (χ0v) is 20.5. The lowest BCUT2D eigenvalue weighted by Gasteiger charge is -2.71. The number of ketones is 1. The highest BCUT2D eigenvalue weighted by molar-refractivity contribution is 5.98. The van der Waals surface area contributed by atoms with Crippen molar-refractivity contribution < 1.29 is 4.79 Å². The van der Waals surface area contributed by atoms with Gasteiger partial charge in [0.2, 0.25) is 5.78 Å². The summed E-state index contributed by atoms with van der Waals surface area (Å²) in [6, 6.07) is 14.5. The van der Waals surface area contributed by atoms with E-state index in [4.69, 9.17) is 0 Å². The van der Waals surface area contributed by atoms with E-state index in [-0.39, 0.29) is 16.6 Å². The van der Waals surface area contributed by atoms with Gasteiger partial charge >= 0.3 is 0 Å². The normalized spacial score (nSPS) is 22.3. The number of imidazole rings is 2. The largest absolute Gasteiger partial charge is 0.306 e. The molecule has 0 aliphatic heterocycles. The van der Waals surface area contributed by atoms with Gasteiger partial charge in [0.25, 0.3) is 0 Å². The molecule has 6 heteroatoms. The summed E-state index contributed by atoms with van der Waals surface area (Å²) in [5, 5.41) is 0. The Morgan fingerprint density at radius 1 is 0.972 bits per heavy atom. The second-order valence-electron chi connectivity index (χ2n) is 10.8. The average Bonchev–Trinajstić information content (AvgIpc) is 3.49. The minimum absolute atomic E-state index is 0.160. The van der Waals surface area contributed by atoms with Crippen LogP contribution in [0.2, 0.25) is 0 Å². The predicted molar refractivity (Wildman–Crippen MR) is 138 cm³/mol. The Balaban J connectivity index is 1.13. The van der Waals surface area contributed by atoms with Gasteiger partial charge in [0, 0.05) is 47.9 Å². The number of benzene rings is 2. The zero-order valence-electron chi connectivity index (χ0n) is 20.5. The number of hydrogen-bond donors (Lipinski definition) is 0. The van der Waals surface area contributed by atoms with E-state index in [2.05, 4.69) is 69.7 Å². The summed E-state index contributed by atoms with van der Waals surface area (Å²) in [6.07, 6.45) is 15.0. The Morgan fingerprint density at radius 3 is 2.64 bits per heavy atom. The van der Waals surface area contributed by atoms with Crippen molar-refractivity contribution in [3.63, 3.8) is 0 Å². The maximum absolute atomic E-state index is 13.4. The van der Waals surface area contributed by atoms with E-state index in [9.17, 15) is 4.79 Å². The fourth-order valence-corrected chi connectivity index (χ4v) is 6.72. The summed E-state index contributed by atoms with van der Waals surface area (Å²) < 4.78 is 4.11. The molecule has 0 radical (unpaired) electrons. The molecule has 36 heavy (non-hydrogen) atoms. The van der Waals surface area contributed by atoms with Crippen LogP contribution in [0.1, 0.15) is 57.6 Å². The van der Waals surface area contributed by atoms with Gasteiger partial charge < -0.3 is 4.57 Å². The van der Waals surface area contributed by atoms with Crippen molar-refractivity contribution in [1.82, 2.24) is 23.9 Å². The number of aryl methyl sites for hydroxylation is 2. The van der Waals surface area contributed by atoms with Crippen molar-refractivity contribution in [2.24, 2.45) is 0 Å². The number of rotatable bonds is 6.